The molecule has 0 aliphatic carbocycles. The summed E-state index contributed by atoms with van der Waals surface area (Å²) in [4.78, 5) is 12.6. The van der Waals surface area contributed by atoms with Gasteiger partial charge in [0.2, 0.25) is 0 Å². The van der Waals surface area contributed by atoms with Gasteiger partial charge in [-0.25, -0.2) is 8.42 Å². The van der Waals surface area contributed by atoms with Crippen LogP contribution in [0.15, 0.2) is 77.7 Å². The second-order valence-electron chi connectivity index (χ2n) is 6.93. The van der Waals surface area contributed by atoms with E-state index in [-0.39, 0.29) is 15.9 Å². The van der Waals surface area contributed by atoms with E-state index >= 15 is 0 Å². The summed E-state index contributed by atoms with van der Waals surface area (Å²) in [6, 6.07) is 20.0. The number of amides is 1. The largest absolute Gasteiger partial charge is 0.497 e. The van der Waals surface area contributed by atoms with Crippen LogP contribution in [0.4, 0.5) is 11.4 Å². The number of rotatable bonds is 6. The second kappa shape index (κ2) is 9.84. The van der Waals surface area contributed by atoms with Crippen molar-refractivity contribution < 1.29 is 17.9 Å². The summed E-state index contributed by atoms with van der Waals surface area (Å²) in [5, 5.41) is 5.59. The highest BCUT2D eigenvalue weighted by atomic mass is 32.2. The van der Waals surface area contributed by atoms with Crippen LogP contribution in [0.2, 0.25) is 0 Å². The molecule has 0 atom stereocenters. The van der Waals surface area contributed by atoms with Crippen molar-refractivity contribution in [1.29, 1.82) is 0 Å². The molecule has 10 heteroatoms. The first kappa shape index (κ1) is 23.3. The van der Waals surface area contributed by atoms with E-state index in [9.17, 15) is 13.2 Å². The minimum atomic E-state index is -3.71. The van der Waals surface area contributed by atoms with E-state index in [2.05, 4.69) is 10.6 Å². The molecule has 0 aromatic heterocycles. The van der Waals surface area contributed by atoms with Crippen LogP contribution in [-0.4, -0.2) is 41.4 Å². The molecule has 0 bridgehead atoms. The fourth-order valence-electron chi connectivity index (χ4n) is 3.00. The van der Waals surface area contributed by atoms with Gasteiger partial charge in [0.15, 0.2) is 5.11 Å². The van der Waals surface area contributed by atoms with Crippen LogP contribution >= 0.6 is 12.2 Å². The van der Waals surface area contributed by atoms with Gasteiger partial charge in [-0.1, -0.05) is 24.3 Å². The number of hydrogen-bond donors (Lipinski definition) is 2. The maximum absolute atomic E-state index is 12.9. The number of carbonyl (C=O) groups excluding carboxylic acids is 1. The Balaban J connectivity index is 1.65. The Bertz CT molecular complexity index is 1230. The third-order valence-electron chi connectivity index (χ3n) is 4.77. The average Bonchev–Trinajstić information content (AvgIpc) is 2.79. The fraction of sp³-hybridized carbons (Fsp3) is 0.0909. The molecule has 32 heavy (non-hydrogen) atoms. The van der Waals surface area contributed by atoms with Crippen LogP contribution in [0.5, 0.6) is 5.75 Å². The molecule has 3 aromatic carbocycles. The quantitative estimate of drug-likeness (QED) is 0.426. The van der Waals surface area contributed by atoms with E-state index in [0.717, 1.165) is 5.46 Å². The van der Waals surface area contributed by atoms with Crippen molar-refractivity contribution >= 4 is 57.9 Å². The monoisotopic (exact) mass is 467 g/mol. The summed E-state index contributed by atoms with van der Waals surface area (Å²) in [7, 11) is 1.20. The van der Waals surface area contributed by atoms with Gasteiger partial charge >= 0.3 is 0 Å². The zero-order chi connectivity index (χ0) is 23.3. The average molecular weight is 467 g/mol. The maximum Gasteiger partial charge on any atom is 0.264 e. The molecular formula is C22H22BN3O4S2. The number of nitrogens with zero attached hydrogens (tertiary/aromatic N) is 1. The molecule has 0 saturated heterocycles. The van der Waals surface area contributed by atoms with Crippen LogP contribution in [0, 0.1) is 0 Å². The Morgan fingerprint density at radius 1 is 1.03 bits per heavy atom. The first-order valence-corrected chi connectivity index (χ1v) is 11.5. The molecule has 164 valence electrons. The van der Waals surface area contributed by atoms with E-state index in [1.165, 1.54) is 23.5 Å². The summed E-state index contributed by atoms with van der Waals surface area (Å²) in [6.45, 7) is 0. The topological polar surface area (TPSA) is 87.7 Å². The van der Waals surface area contributed by atoms with Crippen molar-refractivity contribution in [2.75, 3.05) is 23.8 Å². The van der Waals surface area contributed by atoms with Gasteiger partial charge in [-0.3, -0.25) is 14.4 Å². The number of carbonyl (C=O) groups is 1. The minimum absolute atomic E-state index is 0.0977. The lowest BCUT2D eigenvalue weighted by Gasteiger charge is -2.19. The lowest BCUT2D eigenvalue weighted by atomic mass is 9.93. The van der Waals surface area contributed by atoms with Gasteiger partial charge in [0.25, 0.3) is 15.9 Å². The molecule has 7 nitrogen and oxygen atoms in total. The Kier molecular flexibility index (Phi) is 7.17. The molecule has 0 aliphatic heterocycles. The second-order valence-corrected chi connectivity index (χ2v) is 9.30. The number of nitrogens with one attached hydrogen (secondary N) is 2. The summed E-state index contributed by atoms with van der Waals surface area (Å²) in [5.41, 5.74) is 2.38. The van der Waals surface area contributed by atoms with Crippen molar-refractivity contribution in [3.05, 3.63) is 78.4 Å². The molecule has 1 amide bonds. The smallest absolute Gasteiger partial charge is 0.264 e. The highest BCUT2D eigenvalue weighted by molar-refractivity contribution is 7.92. The highest BCUT2D eigenvalue weighted by Gasteiger charge is 2.21. The van der Waals surface area contributed by atoms with Gasteiger partial charge in [0.1, 0.15) is 13.6 Å². The van der Waals surface area contributed by atoms with Crippen LogP contribution < -0.4 is 25.1 Å². The maximum atomic E-state index is 12.9. The number of ether oxygens (including phenoxy) is 1. The van der Waals surface area contributed by atoms with Crippen molar-refractivity contribution in [3.8, 4) is 5.75 Å². The fourth-order valence-corrected chi connectivity index (χ4v) is 4.41. The van der Waals surface area contributed by atoms with Gasteiger partial charge in [-0.05, 0) is 66.2 Å². The number of methoxy groups -OCH3 is 1. The molecule has 0 heterocycles. The lowest BCUT2D eigenvalue weighted by Crippen LogP contribution is -2.34. The molecular weight excluding hydrogens is 445 g/mol. The Morgan fingerprint density at radius 3 is 2.28 bits per heavy atom. The van der Waals surface area contributed by atoms with E-state index < -0.39 is 10.0 Å². The van der Waals surface area contributed by atoms with E-state index in [1.807, 2.05) is 13.9 Å². The predicted octanol–water partition coefficient (Wildman–Crippen LogP) is 1.91. The number of anilines is 2. The van der Waals surface area contributed by atoms with Crippen molar-refractivity contribution in [2.45, 2.75) is 4.90 Å². The van der Waals surface area contributed by atoms with Crippen LogP contribution in [0.25, 0.3) is 0 Å². The molecule has 0 radical (unpaired) electrons. The Morgan fingerprint density at radius 2 is 1.69 bits per heavy atom. The SMILES string of the molecule is Bc1cc(C(=O)NC(=S)Nc2ccc(S(=O)(=O)N(C)c3ccccc3)cc2)ccc1OC. The Hall–Kier alpha value is -3.37. The molecule has 0 fully saturated rings. The number of hydrogen-bond acceptors (Lipinski definition) is 5. The van der Waals surface area contributed by atoms with E-state index in [0.29, 0.717) is 22.7 Å². The third-order valence-corrected chi connectivity index (χ3v) is 6.78. The molecule has 2 N–H and O–H groups in total. The van der Waals surface area contributed by atoms with Gasteiger partial charge in [-0.2, -0.15) is 0 Å². The van der Waals surface area contributed by atoms with Gasteiger partial charge in [0.05, 0.1) is 17.7 Å². The first-order valence-electron chi connectivity index (χ1n) is 9.63. The van der Waals surface area contributed by atoms with Crippen LogP contribution in [-0.2, 0) is 10.0 Å². The number of benzene rings is 3. The summed E-state index contributed by atoms with van der Waals surface area (Å²) >= 11 is 5.21. The zero-order valence-corrected chi connectivity index (χ0v) is 19.5. The van der Waals surface area contributed by atoms with Gasteiger partial charge < -0.3 is 10.1 Å². The molecule has 3 rings (SSSR count). The number of para-hydroxylation sites is 1. The molecule has 3 aromatic rings. The normalized spacial score (nSPS) is 10.8. The standard InChI is InChI=1S/C22H22BN3O4S2/c1-26(17-6-4-3-5-7-17)32(28,29)18-11-9-16(10-12-18)24-22(31)25-21(27)15-8-13-20(30-2)19(23)14-15/h3-14H,23H2,1-2H3,(H2,24,25,27,31). The molecule has 0 aliphatic rings. The van der Waals surface area contributed by atoms with Gasteiger partial charge in [0, 0.05) is 18.3 Å². The van der Waals surface area contributed by atoms with Crippen molar-refractivity contribution in [1.82, 2.24) is 5.32 Å². The molecule has 0 saturated carbocycles. The Labute approximate surface area is 193 Å². The van der Waals surface area contributed by atoms with Crippen LogP contribution in [0.3, 0.4) is 0 Å². The summed E-state index contributed by atoms with van der Waals surface area (Å²) < 4.78 is 32.1. The minimum Gasteiger partial charge on any atom is -0.497 e. The number of thiocarbonyl (C=S) groups is 1. The summed E-state index contributed by atoms with van der Waals surface area (Å²) in [6.07, 6.45) is 0. The zero-order valence-electron chi connectivity index (χ0n) is 17.8. The molecule has 0 unspecified atom stereocenters. The van der Waals surface area contributed by atoms with Crippen molar-refractivity contribution in [2.24, 2.45) is 0 Å². The molecule has 0 spiro atoms. The first-order chi connectivity index (χ1) is 15.2. The van der Waals surface area contributed by atoms with Crippen LogP contribution in [0.1, 0.15) is 10.4 Å². The van der Waals surface area contributed by atoms with E-state index in [1.54, 1.807) is 61.7 Å². The van der Waals surface area contributed by atoms with Gasteiger partial charge in [-0.15, -0.1) is 0 Å². The predicted molar refractivity (Wildman–Crippen MR) is 133 cm³/mol. The highest BCUT2D eigenvalue weighted by Crippen LogP contribution is 2.22. The lowest BCUT2D eigenvalue weighted by molar-refractivity contribution is 0.0978. The third kappa shape index (κ3) is 5.27. The summed E-state index contributed by atoms with van der Waals surface area (Å²) in [5.74, 6) is 0.326. The number of sulfonamides is 1. The van der Waals surface area contributed by atoms with Crippen molar-refractivity contribution in [3.63, 3.8) is 0 Å². The van der Waals surface area contributed by atoms with E-state index in [4.69, 9.17) is 17.0 Å².